The number of likely N-dealkylation sites (tertiary alicyclic amines) is 1. The summed E-state index contributed by atoms with van der Waals surface area (Å²) >= 11 is 0. The number of hydrogen-bond acceptors (Lipinski definition) is 5. The Bertz CT molecular complexity index is 1060. The van der Waals surface area contributed by atoms with E-state index in [-0.39, 0.29) is 23.5 Å². The Labute approximate surface area is 170 Å². The third kappa shape index (κ3) is 1.91. The van der Waals surface area contributed by atoms with E-state index < -0.39 is 5.41 Å². The van der Waals surface area contributed by atoms with Crippen molar-refractivity contribution in [2.24, 2.45) is 5.41 Å². The van der Waals surface area contributed by atoms with E-state index in [2.05, 4.69) is 25.7 Å². The molecule has 2 fully saturated rings. The fourth-order valence-electron chi connectivity index (χ4n) is 6.33. The molecule has 2 atom stereocenters. The molecule has 0 radical (unpaired) electrons. The Kier molecular flexibility index (Phi) is 3.26. The summed E-state index contributed by atoms with van der Waals surface area (Å²) in [5.41, 5.74) is 2.52. The van der Waals surface area contributed by atoms with E-state index >= 15 is 0 Å². The summed E-state index contributed by atoms with van der Waals surface area (Å²) in [5.74, 6) is 1.69. The molecular formula is C23H27N3O3. The second-order valence-electron chi connectivity index (χ2n) is 9.83. The second kappa shape index (κ2) is 5.41. The molecule has 2 unspecified atom stereocenters. The molecule has 2 bridgehead atoms. The van der Waals surface area contributed by atoms with Crippen LogP contribution in [0.25, 0.3) is 11.0 Å². The van der Waals surface area contributed by atoms with Crippen LogP contribution in [0.3, 0.4) is 0 Å². The number of aromatic nitrogens is 2. The van der Waals surface area contributed by atoms with E-state index in [1.807, 2.05) is 12.1 Å². The Morgan fingerprint density at radius 2 is 1.55 bits per heavy atom. The highest BCUT2D eigenvalue weighted by Gasteiger charge is 2.73. The minimum absolute atomic E-state index is 0.161. The summed E-state index contributed by atoms with van der Waals surface area (Å²) in [6.45, 7) is 8.74. The number of fused-ring (bicyclic) bond motifs is 7. The maximum atomic E-state index is 14.0. The van der Waals surface area contributed by atoms with Crippen LogP contribution in [-0.4, -0.2) is 40.7 Å². The molecule has 6 heteroatoms. The van der Waals surface area contributed by atoms with E-state index in [0.29, 0.717) is 5.75 Å². The first-order chi connectivity index (χ1) is 13.9. The van der Waals surface area contributed by atoms with Crippen molar-refractivity contribution in [3.63, 3.8) is 0 Å². The standard InChI is InChI=1S/C23H27N3O3/c1-21(2)22(3)7-8-23(21,20(27)26-9-5-4-6-10-26)19-18(22)24-14-11-16-17(29-13-28-16)12-15(14)25-19/h11-12H,4-10,13H2,1-3H3. The van der Waals surface area contributed by atoms with Crippen molar-refractivity contribution in [3.8, 4) is 11.5 Å². The van der Waals surface area contributed by atoms with Crippen LogP contribution in [0.1, 0.15) is 64.3 Å². The van der Waals surface area contributed by atoms with Gasteiger partial charge in [0.2, 0.25) is 12.7 Å². The molecule has 29 heavy (non-hydrogen) atoms. The van der Waals surface area contributed by atoms with E-state index in [1.165, 1.54) is 6.42 Å². The third-order valence-corrected chi connectivity index (χ3v) is 8.54. The monoisotopic (exact) mass is 393 g/mol. The van der Waals surface area contributed by atoms with Crippen LogP contribution in [0.5, 0.6) is 11.5 Å². The van der Waals surface area contributed by atoms with E-state index in [4.69, 9.17) is 19.4 Å². The number of hydrogen-bond donors (Lipinski definition) is 0. The Morgan fingerprint density at radius 1 is 0.931 bits per heavy atom. The van der Waals surface area contributed by atoms with Crippen LogP contribution >= 0.6 is 0 Å². The van der Waals surface area contributed by atoms with Gasteiger partial charge in [0.25, 0.3) is 0 Å². The highest BCUT2D eigenvalue weighted by molar-refractivity contribution is 5.93. The molecule has 2 aliphatic carbocycles. The van der Waals surface area contributed by atoms with Crippen LogP contribution in [0.2, 0.25) is 0 Å². The molecule has 4 aliphatic rings. The number of benzene rings is 1. The molecule has 1 saturated heterocycles. The minimum atomic E-state index is -0.591. The van der Waals surface area contributed by atoms with Crippen molar-refractivity contribution in [1.82, 2.24) is 14.9 Å². The van der Waals surface area contributed by atoms with E-state index in [1.54, 1.807) is 0 Å². The molecule has 6 rings (SSSR count). The summed E-state index contributed by atoms with van der Waals surface area (Å²) in [5, 5.41) is 0. The second-order valence-corrected chi connectivity index (χ2v) is 9.83. The van der Waals surface area contributed by atoms with Crippen LogP contribution in [-0.2, 0) is 15.6 Å². The van der Waals surface area contributed by atoms with Crippen LogP contribution in [0.15, 0.2) is 12.1 Å². The van der Waals surface area contributed by atoms with E-state index in [9.17, 15) is 4.79 Å². The smallest absolute Gasteiger partial charge is 0.235 e. The predicted molar refractivity (Wildman–Crippen MR) is 108 cm³/mol. The summed E-state index contributed by atoms with van der Waals surface area (Å²) in [6, 6.07) is 3.83. The van der Waals surface area contributed by atoms with Gasteiger partial charge in [-0.1, -0.05) is 20.8 Å². The Morgan fingerprint density at radius 3 is 2.21 bits per heavy atom. The minimum Gasteiger partial charge on any atom is -0.454 e. The molecule has 0 spiro atoms. The first kappa shape index (κ1) is 17.5. The van der Waals surface area contributed by atoms with Gasteiger partial charge in [0.1, 0.15) is 0 Å². The van der Waals surface area contributed by atoms with Crippen molar-refractivity contribution in [3.05, 3.63) is 23.5 Å². The lowest BCUT2D eigenvalue weighted by molar-refractivity contribution is -0.142. The average molecular weight is 393 g/mol. The zero-order valence-electron chi connectivity index (χ0n) is 17.4. The maximum Gasteiger partial charge on any atom is 0.235 e. The number of amides is 1. The van der Waals surface area contributed by atoms with Gasteiger partial charge < -0.3 is 14.4 Å². The molecule has 2 aromatic rings. The number of nitrogens with zero attached hydrogens (tertiary/aromatic N) is 3. The van der Waals surface area contributed by atoms with Gasteiger partial charge in [-0.05, 0) is 37.5 Å². The van der Waals surface area contributed by atoms with Crippen molar-refractivity contribution in [1.29, 1.82) is 0 Å². The summed E-state index contributed by atoms with van der Waals surface area (Å²) < 4.78 is 11.1. The van der Waals surface area contributed by atoms with Gasteiger partial charge in [0, 0.05) is 30.6 Å². The highest BCUT2D eigenvalue weighted by Crippen LogP contribution is 2.70. The SMILES string of the molecule is CC12CCC(C(=O)N3CCCCC3)(c3nc4cc5c(cc4nc31)OCO5)C2(C)C. The molecule has 1 saturated carbocycles. The van der Waals surface area contributed by atoms with Crippen molar-refractivity contribution < 1.29 is 14.3 Å². The van der Waals surface area contributed by atoms with Crippen LogP contribution in [0.4, 0.5) is 0 Å². The molecule has 3 heterocycles. The molecule has 152 valence electrons. The molecular weight excluding hydrogens is 366 g/mol. The quantitative estimate of drug-likeness (QED) is 0.739. The van der Waals surface area contributed by atoms with Crippen molar-refractivity contribution >= 4 is 16.9 Å². The largest absolute Gasteiger partial charge is 0.454 e. The van der Waals surface area contributed by atoms with E-state index in [0.717, 1.165) is 66.9 Å². The average Bonchev–Trinajstić information content (AvgIpc) is 3.30. The lowest BCUT2D eigenvalue weighted by Crippen LogP contribution is -2.53. The molecule has 2 aliphatic heterocycles. The normalized spacial score (nSPS) is 31.3. The lowest BCUT2D eigenvalue weighted by atomic mass is 9.63. The zero-order valence-corrected chi connectivity index (χ0v) is 17.4. The van der Waals surface area contributed by atoms with Crippen LogP contribution < -0.4 is 9.47 Å². The molecule has 6 nitrogen and oxygen atoms in total. The number of carbonyl (C=O) groups excluding carboxylic acids is 1. The van der Waals surface area contributed by atoms with Gasteiger partial charge in [-0.2, -0.15) is 0 Å². The zero-order chi connectivity index (χ0) is 20.0. The summed E-state index contributed by atoms with van der Waals surface area (Å²) in [7, 11) is 0. The fourth-order valence-corrected chi connectivity index (χ4v) is 6.33. The highest BCUT2D eigenvalue weighted by atomic mass is 16.7. The topological polar surface area (TPSA) is 64.6 Å². The fraction of sp³-hybridized carbons (Fsp3) is 0.609. The molecule has 0 N–H and O–H groups in total. The van der Waals surface area contributed by atoms with Gasteiger partial charge >= 0.3 is 0 Å². The summed E-state index contributed by atoms with van der Waals surface area (Å²) in [6.07, 6.45) is 5.23. The number of ether oxygens (including phenoxy) is 2. The third-order valence-electron chi connectivity index (χ3n) is 8.54. The Hall–Kier alpha value is -2.37. The maximum absolute atomic E-state index is 14.0. The molecule has 1 aromatic carbocycles. The molecule has 1 aromatic heterocycles. The van der Waals surface area contributed by atoms with Gasteiger partial charge in [-0.15, -0.1) is 0 Å². The lowest BCUT2D eigenvalue weighted by Gasteiger charge is -2.43. The van der Waals surface area contributed by atoms with Gasteiger partial charge in [-0.25, -0.2) is 9.97 Å². The van der Waals surface area contributed by atoms with Gasteiger partial charge in [0.15, 0.2) is 11.5 Å². The van der Waals surface area contributed by atoms with Crippen molar-refractivity contribution in [2.75, 3.05) is 19.9 Å². The van der Waals surface area contributed by atoms with Gasteiger partial charge in [0.05, 0.1) is 27.8 Å². The number of piperidine rings is 1. The first-order valence-electron chi connectivity index (χ1n) is 10.8. The first-order valence-corrected chi connectivity index (χ1v) is 10.8. The van der Waals surface area contributed by atoms with Gasteiger partial charge in [-0.3, -0.25) is 4.79 Å². The van der Waals surface area contributed by atoms with Crippen LogP contribution in [0, 0.1) is 5.41 Å². The van der Waals surface area contributed by atoms with Crippen molar-refractivity contribution in [2.45, 2.75) is 63.7 Å². The predicted octanol–water partition coefficient (Wildman–Crippen LogP) is 3.70. The molecule has 1 amide bonds. The number of carbonyl (C=O) groups is 1. The number of rotatable bonds is 1. The Balaban J connectivity index is 1.58. The summed E-state index contributed by atoms with van der Waals surface area (Å²) in [4.78, 5) is 26.3.